The van der Waals surface area contributed by atoms with Gasteiger partial charge in [0.05, 0.1) is 25.4 Å². The number of nitrogens with zero attached hydrogens (tertiary/aromatic N) is 2. The summed E-state index contributed by atoms with van der Waals surface area (Å²) in [5, 5.41) is 10.2. The van der Waals surface area contributed by atoms with E-state index in [1.165, 1.54) is 0 Å². The van der Waals surface area contributed by atoms with Crippen LogP contribution in [0, 0.1) is 0 Å². The lowest BCUT2D eigenvalue weighted by molar-refractivity contribution is -0.0248. The van der Waals surface area contributed by atoms with Crippen molar-refractivity contribution in [3.63, 3.8) is 0 Å². The Hall–Kier alpha value is -1.47. The van der Waals surface area contributed by atoms with Gasteiger partial charge in [-0.05, 0) is 37.9 Å². The van der Waals surface area contributed by atoms with E-state index in [2.05, 4.69) is 4.90 Å². The van der Waals surface area contributed by atoms with E-state index in [0.717, 1.165) is 51.1 Å². The van der Waals surface area contributed by atoms with Gasteiger partial charge in [-0.25, -0.2) is 0 Å². The monoisotopic (exact) mass is 362 g/mol. The van der Waals surface area contributed by atoms with Crippen LogP contribution in [-0.2, 0) is 9.47 Å². The van der Waals surface area contributed by atoms with Crippen molar-refractivity contribution in [2.75, 3.05) is 52.5 Å². The zero-order valence-corrected chi connectivity index (χ0v) is 15.4. The predicted molar refractivity (Wildman–Crippen MR) is 99.2 cm³/mol. The zero-order chi connectivity index (χ0) is 18.2. The van der Waals surface area contributed by atoms with Gasteiger partial charge in [-0.1, -0.05) is 18.2 Å². The fourth-order valence-electron chi connectivity index (χ4n) is 3.58. The highest BCUT2D eigenvalue weighted by molar-refractivity contribution is 5.94. The Labute approximate surface area is 155 Å². The summed E-state index contributed by atoms with van der Waals surface area (Å²) < 4.78 is 11.1. The number of hydrogen-bond acceptors (Lipinski definition) is 5. The van der Waals surface area contributed by atoms with E-state index in [9.17, 15) is 9.90 Å². The lowest BCUT2D eigenvalue weighted by Gasteiger charge is -2.24. The Balaban J connectivity index is 1.38. The molecule has 2 aliphatic heterocycles. The van der Waals surface area contributed by atoms with Crippen LogP contribution < -0.4 is 0 Å². The van der Waals surface area contributed by atoms with E-state index >= 15 is 0 Å². The van der Waals surface area contributed by atoms with Gasteiger partial charge < -0.3 is 19.5 Å². The van der Waals surface area contributed by atoms with Gasteiger partial charge in [0.15, 0.2) is 0 Å². The molecule has 6 nitrogen and oxygen atoms in total. The van der Waals surface area contributed by atoms with Crippen molar-refractivity contribution < 1.29 is 19.4 Å². The molecule has 1 N–H and O–H groups in total. The number of β-amino-alcohol motifs (C(OH)–C–C–N with tert-alkyl or cyclic N) is 1. The first-order valence-electron chi connectivity index (χ1n) is 9.66. The van der Waals surface area contributed by atoms with Crippen molar-refractivity contribution in [2.24, 2.45) is 0 Å². The second-order valence-electron chi connectivity index (χ2n) is 7.14. The number of benzene rings is 1. The summed E-state index contributed by atoms with van der Waals surface area (Å²) in [6.07, 6.45) is 2.75. The fraction of sp³-hybridized carbons (Fsp3) is 0.650. The van der Waals surface area contributed by atoms with Crippen LogP contribution in [0.4, 0.5) is 0 Å². The van der Waals surface area contributed by atoms with Gasteiger partial charge in [-0.15, -0.1) is 0 Å². The third-order valence-corrected chi connectivity index (χ3v) is 5.00. The average molecular weight is 362 g/mol. The number of hydrogen-bond donors (Lipinski definition) is 1. The number of aliphatic hydroxyl groups excluding tert-OH is 1. The molecular weight excluding hydrogens is 332 g/mol. The molecule has 0 aliphatic carbocycles. The van der Waals surface area contributed by atoms with Crippen LogP contribution in [0.1, 0.15) is 29.6 Å². The standard InChI is InChI=1S/C20H30N2O4/c23-18(15-25-16-19-8-4-13-26-19)14-21-9-5-10-22(12-11-21)20(24)17-6-2-1-3-7-17/h1-3,6-7,18-19,23H,4-5,8-16H2. The van der Waals surface area contributed by atoms with Gasteiger partial charge in [0.1, 0.15) is 0 Å². The Bertz CT molecular complexity index is 548. The molecule has 0 aromatic heterocycles. The molecule has 2 saturated heterocycles. The van der Waals surface area contributed by atoms with Crippen LogP contribution in [0.2, 0.25) is 0 Å². The van der Waals surface area contributed by atoms with Crippen LogP contribution >= 0.6 is 0 Å². The maximum atomic E-state index is 12.6. The van der Waals surface area contributed by atoms with E-state index in [-0.39, 0.29) is 12.0 Å². The first-order valence-corrected chi connectivity index (χ1v) is 9.66. The molecule has 1 amide bonds. The summed E-state index contributed by atoms with van der Waals surface area (Å²) in [4.78, 5) is 16.7. The number of amides is 1. The van der Waals surface area contributed by atoms with Crippen LogP contribution in [0.25, 0.3) is 0 Å². The molecule has 2 heterocycles. The molecule has 0 bridgehead atoms. The summed E-state index contributed by atoms with van der Waals surface area (Å²) in [6.45, 7) is 5.43. The van der Waals surface area contributed by atoms with E-state index < -0.39 is 6.10 Å². The third-order valence-electron chi connectivity index (χ3n) is 5.00. The Kier molecular flexibility index (Phi) is 7.43. The summed E-state index contributed by atoms with van der Waals surface area (Å²) in [6, 6.07) is 9.43. The molecule has 144 valence electrons. The first kappa shape index (κ1) is 19.3. The summed E-state index contributed by atoms with van der Waals surface area (Å²) in [5.74, 6) is 0.0906. The molecule has 1 aromatic carbocycles. The second-order valence-corrected chi connectivity index (χ2v) is 7.14. The van der Waals surface area contributed by atoms with Crippen LogP contribution in [-0.4, -0.2) is 85.6 Å². The van der Waals surface area contributed by atoms with Gasteiger partial charge in [0, 0.05) is 38.3 Å². The Morgan fingerprint density at radius 2 is 2.04 bits per heavy atom. The summed E-state index contributed by atoms with van der Waals surface area (Å²) >= 11 is 0. The molecule has 1 aromatic rings. The normalized spacial score (nSPS) is 23.0. The van der Waals surface area contributed by atoms with Crippen LogP contribution in [0.15, 0.2) is 30.3 Å². The topological polar surface area (TPSA) is 62.2 Å². The van der Waals surface area contributed by atoms with Gasteiger partial charge in [0.25, 0.3) is 5.91 Å². The zero-order valence-electron chi connectivity index (χ0n) is 15.4. The summed E-state index contributed by atoms with van der Waals surface area (Å²) in [5.41, 5.74) is 0.739. The van der Waals surface area contributed by atoms with E-state index in [4.69, 9.17) is 9.47 Å². The number of rotatable bonds is 7. The Morgan fingerprint density at radius 3 is 2.81 bits per heavy atom. The smallest absolute Gasteiger partial charge is 0.253 e. The average Bonchev–Trinajstić information content (AvgIpc) is 3.07. The molecule has 0 spiro atoms. The molecule has 2 aliphatic rings. The Morgan fingerprint density at radius 1 is 1.19 bits per heavy atom. The highest BCUT2D eigenvalue weighted by Gasteiger charge is 2.22. The molecule has 26 heavy (non-hydrogen) atoms. The van der Waals surface area contributed by atoms with Crippen LogP contribution in [0.5, 0.6) is 0 Å². The van der Waals surface area contributed by atoms with E-state index in [0.29, 0.717) is 26.3 Å². The molecule has 2 fully saturated rings. The molecule has 3 rings (SSSR count). The first-order chi connectivity index (χ1) is 12.7. The molecule has 2 unspecified atom stereocenters. The lowest BCUT2D eigenvalue weighted by atomic mass is 10.2. The van der Waals surface area contributed by atoms with Gasteiger partial charge in [-0.2, -0.15) is 0 Å². The van der Waals surface area contributed by atoms with E-state index in [1.54, 1.807) is 0 Å². The van der Waals surface area contributed by atoms with Crippen molar-refractivity contribution in [3.05, 3.63) is 35.9 Å². The molecule has 0 saturated carbocycles. The van der Waals surface area contributed by atoms with Crippen molar-refractivity contribution in [2.45, 2.75) is 31.5 Å². The summed E-state index contributed by atoms with van der Waals surface area (Å²) in [7, 11) is 0. The number of carbonyl (C=O) groups is 1. The predicted octanol–water partition coefficient (Wildman–Crippen LogP) is 1.39. The van der Waals surface area contributed by atoms with E-state index in [1.807, 2.05) is 35.2 Å². The van der Waals surface area contributed by atoms with Crippen molar-refractivity contribution >= 4 is 5.91 Å². The SMILES string of the molecule is O=C(c1ccccc1)N1CCCN(CC(O)COCC2CCCO2)CC1. The number of ether oxygens (including phenoxy) is 2. The number of aliphatic hydroxyl groups is 1. The van der Waals surface area contributed by atoms with Crippen LogP contribution in [0.3, 0.4) is 0 Å². The van der Waals surface area contributed by atoms with Gasteiger partial charge in [0.2, 0.25) is 0 Å². The highest BCUT2D eigenvalue weighted by Crippen LogP contribution is 2.12. The number of carbonyl (C=O) groups excluding carboxylic acids is 1. The molecule has 2 atom stereocenters. The maximum absolute atomic E-state index is 12.6. The highest BCUT2D eigenvalue weighted by atomic mass is 16.5. The largest absolute Gasteiger partial charge is 0.389 e. The van der Waals surface area contributed by atoms with Crippen molar-refractivity contribution in [1.82, 2.24) is 9.80 Å². The fourth-order valence-corrected chi connectivity index (χ4v) is 3.58. The minimum absolute atomic E-state index is 0.0906. The minimum atomic E-state index is -0.507. The molecule has 6 heteroatoms. The third kappa shape index (κ3) is 5.77. The second kappa shape index (κ2) is 10.0. The van der Waals surface area contributed by atoms with Crippen molar-refractivity contribution in [1.29, 1.82) is 0 Å². The minimum Gasteiger partial charge on any atom is -0.389 e. The molecule has 0 radical (unpaired) electrons. The quantitative estimate of drug-likeness (QED) is 0.794. The van der Waals surface area contributed by atoms with Gasteiger partial charge >= 0.3 is 0 Å². The lowest BCUT2D eigenvalue weighted by Crippen LogP contribution is -2.39. The molecular formula is C20H30N2O4. The maximum Gasteiger partial charge on any atom is 0.253 e. The van der Waals surface area contributed by atoms with Gasteiger partial charge in [-0.3, -0.25) is 9.69 Å². The van der Waals surface area contributed by atoms with Crippen molar-refractivity contribution in [3.8, 4) is 0 Å².